The van der Waals surface area contributed by atoms with Crippen molar-refractivity contribution in [1.82, 2.24) is 0 Å². The lowest BCUT2D eigenvalue weighted by atomic mass is 10.0. The highest BCUT2D eigenvalue weighted by Crippen LogP contribution is 2.28. The third kappa shape index (κ3) is 2.95. The van der Waals surface area contributed by atoms with E-state index in [1.807, 2.05) is 0 Å². The summed E-state index contributed by atoms with van der Waals surface area (Å²) >= 11 is 0. The molecule has 0 spiro atoms. The van der Waals surface area contributed by atoms with E-state index in [1.54, 1.807) is 19.1 Å². The van der Waals surface area contributed by atoms with Crippen LogP contribution in [0.25, 0.3) is 11.0 Å². The maximum Gasteiger partial charge on any atom is 0.336 e. The van der Waals surface area contributed by atoms with E-state index in [9.17, 15) is 19.4 Å². The van der Waals surface area contributed by atoms with Crippen molar-refractivity contribution in [1.29, 1.82) is 0 Å². The molecule has 3 rings (SSSR count). The normalized spacial score (nSPS) is 31.3. The quantitative estimate of drug-likeness (QED) is 0.809. The number of ether oxygens (including phenoxy) is 2. The first-order valence-electron chi connectivity index (χ1n) is 7.23. The van der Waals surface area contributed by atoms with Gasteiger partial charge in [-0.3, -0.25) is 0 Å². The first-order chi connectivity index (χ1) is 10.9. The molecule has 2 aromatic rings. The smallest absolute Gasteiger partial charge is 0.336 e. The molecule has 0 saturated carbocycles. The number of aliphatic hydroxyl groups excluding tert-OH is 2. The summed E-state index contributed by atoms with van der Waals surface area (Å²) in [5, 5.41) is 20.1. The molecule has 0 amide bonds. The van der Waals surface area contributed by atoms with E-state index in [1.165, 1.54) is 19.1 Å². The second-order valence-electron chi connectivity index (χ2n) is 5.66. The van der Waals surface area contributed by atoms with Crippen molar-refractivity contribution in [3.8, 4) is 5.75 Å². The number of fused-ring (bicyclic) bond motifs is 1. The third-order valence-electron chi connectivity index (χ3n) is 3.94. The van der Waals surface area contributed by atoms with Gasteiger partial charge in [0.05, 0.1) is 6.10 Å². The van der Waals surface area contributed by atoms with Crippen molar-refractivity contribution in [2.75, 3.05) is 0 Å². The maximum atomic E-state index is 13.8. The molecule has 124 valence electrons. The highest BCUT2D eigenvalue weighted by Gasteiger charge is 2.44. The number of hydrogen-bond donors (Lipinski definition) is 2. The number of rotatable bonds is 2. The zero-order valence-corrected chi connectivity index (χ0v) is 12.6. The molecule has 0 bridgehead atoms. The third-order valence-corrected chi connectivity index (χ3v) is 3.94. The van der Waals surface area contributed by atoms with Crippen LogP contribution in [0.4, 0.5) is 4.39 Å². The van der Waals surface area contributed by atoms with Gasteiger partial charge in [-0.1, -0.05) is 0 Å². The Bertz CT molecular complexity index is 773. The molecule has 1 aliphatic rings. The zero-order valence-electron chi connectivity index (χ0n) is 12.6. The second-order valence-corrected chi connectivity index (χ2v) is 5.66. The molecular formula is C16H17FO6. The molecule has 5 atom stereocenters. The van der Waals surface area contributed by atoms with Gasteiger partial charge in [0, 0.05) is 17.5 Å². The Labute approximate surface area is 131 Å². The van der Waals surface area contributed by atoms with E-state index in [0.717, 1.165) is 10.9 Å². The van der Waals surface area contributed by atoms with Crippen LogP contribution in [-0.4, -0.2) is 41.0 Å². The predicted molar refractivity (Wildman–Crippen MR) is 79.1 cm³/mol. The van der Waals surface area contributed by atoms with Gasteiger partial charge in [-0.05, 0) is 31.5 Å². The summed E-state index contributed by atoms with van der Waals surface area (Å²) in [6.07, 6.45) is -7.00. The number of aliphatic hydroxyl groups is 2. The van der Waals surface area contributed by atoms with Crippen molar-refractivity contribution in [2.45, 2.75) is 44.6 Å². The maximum absolute atomic E-state index is 13.8. The van der Waals surface area contributed by atoms with E-state index in [2.05, 4.69) is 0 Å². The fourth-order valence-corrected chi connectivity index (χ4v) is 2.59. The van der Waals surface area contributed by atoms with E-state index >= 15 is 0 Å². The van der Waals surface area contributed by atoms with Gasteiger partial charge in [0.25, 0.3) is 0 Å². The summed E-state index contributed by atoms with van der Waals surface area (Å²) in [6.45, 7) is 3.27. The molecule has 1 aliphatic heterocycles. The second kappa shape index (κ2) is 5.92. The lowest BCUT2D eigenvalue weighted by Gasteiger charge is -2.37. The van der Waals surface area contributed by atoms with Crippen molar-refractivity contribution in [3.63, 3.8) is 0 Å². The lowest BCUT2D eigenvalue weighted by molar-refractivity contribution is -0.254. The van der Waals surface area contributed by atoms with Gasteiger partial charge in [0.2, 0.25) is 6.29 Å². The fraction of sp³-hybridized carbons (Fsp3) is 0.438. The van der Waals surface area contributed by atoms with Crippen LogP contribution < -0.4 is 10.4 Å². The minimum atomic E-state index is -1.87. The molecule has 0 unspecified atom stereocenters. The van der Waals surface area contributed by atoms with E-state index in [0.29, 0.717) is 5.58 Å². The van der Waals surface area contributed by atoms with Crippen LogP contribution in [0.2, 0.25) is 0 Å². The Morgan fingerprint density at radius 1 is 1.22 bits per heavy atom. The summed E-state index contributed by atoms with van der Waals surface area (Å²) in [5.41, 5.74) is 0.599. The SMILES string of the molecule is Cc1cc(=O)oc2cc(O[C@@H]3O[C@@H](C)[C@@H](O)[C@@H](F)[C@@H]3O)ccc12. The molecule has 7 heteroatoms. The molecule has 1 saturated heterocycles. The van der Waals surface area contributed by atoms with Gasteiger partial charge in [-0.2, -0.15) is 0 Å². The number of alkyl halides is 1. The van der Waals surface area contributed by atoms with Crippen molar-refractivity contribution in [3.05, 3.63) is 40.2 Å². The van der Waals surface area contributed by atoms with Gasteiger partial charge in [0.1, 0.15) is 23.5 Å². The first kappa shape index (κ1) is 15.9. The van der Waals surface area contributed by atoms with Crippen LogP contribution in [0.3, 0.4) is 0 Å². The molecular weight excluding hydrogens is 307 g/mol. The highest BCUT2D eigenvalue weighted by molar-refractivity contribution is 5.81. The Balaban J connectivity index is 1.88. The lowest BCUT2D eigenvalue weighted by Crippen LogP contribution is -2.56. The Morgan fingerprint density at radius 2 is 1.96 bits per heavy atom. The molecule has 1 fully saturated rings. The largest absolute Gasteiger partial charge is 0.462 e. The van der Waals surface area contributed by atoms with Crippen molar-refractivity contribution >= 4 is 11.0 Å². The summed E-state index contributed by atoms with van der Waals surface area (Å²) in [4.78, 5) is 11.4. The molecule has 23 heavy (non-hydrogen) atoms. The number of benzene rings is 1. The number of aryl methyl sites for hydroxylation is 1. The van der Waals surface area contributed by atoms with Gasteiger partial charge in [0.15, 0.2) is 6.17 Å². The molecule has 6 nitrogen and oxygen atoms in total. The highest BCUT2D eigenvalue weighted by atomic mass is 19.1. The van der Waals surface area contributed by atoms with Crippen LogP contribution in [0.5, 0.6) is 5.75 Å². The monoisotopic (exact) mass is 324 g/mol. The van der Waals surface area contributed by atoms with E-state index < -0.39 is 36.4 Å². The van der Waals surface area contributed by atoms with Gasteiger partial charge in [-0.25, -0.2) is 9.18 Å². The molecule has 2 heterocycles. The first-order valence-corrected chi connectivity index (χ1v) is 7.23. The van der Waals surface area contributed by atoms with Crippen LogP contribution in [0.15, 0.2) is 33.5 Å². The van der Waals surface area contributed by atoms with Gasteiger partial charge >= 0.3 is 5.63 Å². The fourth-order valence-electron chi connectivity index (χ4n) is 2.59. The topological polar surface area (TPSA) is 89.1 Å². The van der Waals surface area contributed by atoms with Crippen LogP contribution >= 0.6 is 0 Å². The molecule has 1 aromatic carbocycles. The molecule has 0 radical (unpaired) electrons. The summed E-state index contributed by atoms with van der Waals surface area (Å²) in [6, 6.07) is 6.16. The molecule has 0 aliphatic carbocycles. The average molecular weight is 324 g/mol. The van der Waals surface area contributed by atoms with Gasteiger partial charge < -0.3 is 24.1 Å². The van der Waals surface area contributed by atoms with E-state index in [-0.39, 0.29) is 5.75 Å². The van der Waals surface area contributed by atoms with Gasteiger partial charge in [-0.15, -0.1) is 0 Å². The minimum absolute atomic E-state index is 0.256. The predicted octanol–water partition coefficient (Wildman–Crippen LogP) is 1.28. The number of hydrogen-bond acceptors (Lipinski definition) is 6. The van der Waals surface area contributed by atoms with Crippen LogP contribution in [0.1, 0.15) is 12.5 Å². The van der Waals surface area contributed by atoms with Crippen molar-refractivity contribution in [2.24, 2.45) is 0 Å². The Kier molecular flexibility index (Phi) is 4.09. The Hall–Kier alpha value is -1.96. The van der Waals surface area contributed by atoms with Crippen LogP contribution in [0, 0.1) is 6.92 Å². The summed E-state index contributed by atoms with van der Waals surface area (Å²) < 4.78 is 29.7. The van der Waals surface area contributed by atoms with Crippen LogP contribution in [-0.2, 0) is 4.74 Å². The van der Waals surface area contributed by atoms with E-state index in [4.69, 9.17) is 13.9 Å². The average Bonchev–Trinajstić information content (AvgIpc) is 2.50. The Morgan fingerprint density at radius 3 is 2.70 bits per heavy atom. The summed E-state index contributed by atoms with van der Waals surface area (Å²) in [5.74, 6) is 0.256. The standard InChI is InChI=1S/C16H17FO6/c1-7-5-12(18)23-11-6-9(3-4-10(7)11)22-16-15(20)13(17)14(19)8(2)21-16/h3-6,8,13-16,19-20H,1-2H3/t8-,13+,14+,15-,16-/m0/s1. The summed E-state index contributed by atoms with van der Waals surface area (Å²) in [7, 11) is 0. The van der Waals surface area contributed by atoms with Crippen molar-refractivity contribution < 1.29 is 28.5 Å². The minimum Gasteiger partial charge on any atom is -0.462 e. The molecule has 1 aromatic heterocycles. The zero-order chi connectivity index (χ0) is 16.7. The number of halogens is 1. The molecule has 2 N–H and O–H groups in total.